The van der Waals surface area contributed by atoms with Crippen molar-refractivity contribution >= 4 is 0 Å². The summed E-state index contributed by atoms with van der Waals surface area (Å²) in [5.74, 6) is 4.64. The van der Waals surface area contributed by atoms with Gasteiger partial charge in [-0.15, -0.1) is 0 Å². The summed E-state index contributed by atoms with van der Waals surface area (Å²) in [4.78, 5) is 17.5. The third-order valence-electron chi connectivity index (χ3n) is 8.30. The van der Waals surface area contributed by atoms with Crippen LogP contribution < -0.4 is 18.9 Å². The topological polar surface area (TPSA) is 94.3 Å². The highest BCUT2D eigenvalue weighted by molar-refractivity contribution is 5.84. The van der Waals surface area contributed by atoms with Gasteiger partial charge in [0.2, 0.25) is 0 Å². The van der Waals surface area contributed by atoms with E-state index in [0.29, 0.717) is 0 Å². The van der Waals surface area contributed by atoms with E-state index >= 15 is 0 Å². The maximum absolute atomic E-state index is 5.40. The summed E-state index contributed by atoms with van der Waals surface area (Å²) in [5, 5.41) is 0. The van der Waals surface area contributed by atoms with Crippen LogP contribution in [0.25, 0.3) is 67.8 Å². The van der Waals surface area contributed by atoms with Crippen LogP contribution in [0.2, 0.25) is 0 Å². The molecule has 0 saturated heterocycles. The molecular formula is C40H34N4O4. The standard InChI is InChI=1S/C40H34N4O4/c1-45-31-16-8-25(9-17-31)35-36(26-10-18-32(46-2)19-11-26)42-39(41-35)29-6-5-7-30(24-29)40-43-37(27-12-20-33(47-3)21-13-27)38(44-40)28-14-22-34(48-4)23-15-28/h5-24H,1-4H3,(H,41,42)(H,43,44). The van der Waals surface area contributed by atoms with Crippen molar-refractivity contribution in [3.8, 4) is 90.8 Å². The largest absolute Gasteiger partial charge is 0.497 e. The summed E-state index contributed by atoms with van der Waals surface area (Å²) < 4.78 is 21.6. The average Bonchev–Trinajstić information content (AvgIpc) is 3.81. The Labute approximate surface area is 279 Å². The number of aromatic nitrogens is 4. The molecular weight excluding hydrogens is 600 g/mol. The summed E-state index contributed by atoms with van der Waals surface area (Å²) in [6.07, 6.45) is 0. The average molecular weight is 635 g/mol. The van der Waals surface area contributed by atoms with E-state index in [1.165, 1.54) is 0 Å². The second kappa shape index (κ2) is 13.2. The maximum atomic E-state index is 5.40. The van der Waals surface area contributed by atoms with E-state index in [9.17, 15) is 0 Å². The Morgan fingerprint density at radius 3 is 1.00 bits per heavy atom. The van der Waals surface area contributed by atoms with Crippen LogP contribution in [0.15, 0.2) is 121 Å². The molecule has 0 amide bonds. The lowest BCUT2D eigenvalue weighted by Gasteiger charge is -2.06. The second-order valence-electron chi connectivity index (χ2n) is 11.1. The van der Waals surface area contributed by atoms with E-state index in [0.717, 1.165) is 90.8 Å². The Morgan fingerprint density at radius 2 is 0.688 bits per heavy atom. The molecule has 0 fully saturated rings. The summed E-state index contributed by atoms with van der Waals surface area (Å²) in [6.45, 7) is 0. The maximum Gasteiger partial charge on any atom is 0.138 e. The molecule has 7 rings (SSSR count). The molecule has 8 nitrogen and oxygen atoms in total. The van der Waals surface area contributed by atoms with Crippen LogP contribution in [0, 0.1) is 0 Å². The second-order valence-corrected chi connectivity index (χ2v) is 11.1. The third kappa shape index (κ3) is 5.99. The minimum Gasteiger partial charge on any atom is -0.497 e. The number of H-pyrrole nitrogens is 2. The molecule has 5 aromatic carbocycles. The molecule has 8 heteroatoms. The van der Waals surface area contributed by atoms with Crippen LogP contribution in [-0.4, -0.2) is 48.4 Å². The van der Waals surface area contributed by atoms with Crippen molar-refractivity contribution in [2.45, 2.75) is 0 Å². The van der Waals surface area contributed by atoms with Gasteiger partial charge in [-0.1, -0.05) is 18.2 Å². The van der Waals surface area contributed by atoms with Gasteiger partial charge in [0.25, 0.3) is 0 Å². The van der Waals surface area contributed by atoms with Gasteiger partial charge in [-0.3, -0.25) is 0 Å². The van der Waals surface area contributed by atoms with Gasteiger partial charge in [0.15, 0.2) is 0 Å². The van der Waals surface area contributed by atoms with Crippen molar-refractivity contribution in [3.05, 3.63) is 121 Å². The van der Waals surface area contributed by atoms with Crippen LogP contribution in [0.5, 0.6) is 23.0 Å². The highest BCUT2D eigenvalue weighted by atomic mass is 16.5. The van der Waals surface area contributed by atoms with Gasteiger partial charge in [0.05, 0.1) is 51.2 Å². The van der Waals surface area contributed by atoms with Crippen LogP contribution in [0.3, 0.4) is 0 Å². The molecule has 0 aliphatic heterocycles. The van der Waals surface area contributed by atoms with Crippen molar-refractivity contribution in [1.29, 1.82) is 0 Å². The third-order valence-corrected chi connectivity index (χ3v) is 8.30. The fourth-order valence-corrected chi connectivity index (χ4v) is 5.68. The zero-order chi connectivity index (χ0) is 33.0. The Morgan fingerprint density at radius 1 is 0.375 bits per heavy atom. The molecule has 2 heterocycles. The van der Waals surface area contributed by atoms with Gasteiger partial charge in [-0.25, -0.2) is 9.97 Å². The van der Waals surface area contributed by atoms with Gasteiger partial charge in [0.1, 0.15) is 34.6 Å². The van der Waals surface area contributed by atoms with Gasteiger partial charge >= 0.3 is 0 Å². The molecule has 238 valence electrons. The smallest absolute Gasteiger partial charge is 0.138 e. The Bertz CT molecular complexity index is 1870. The summed E-state index contributed by atoms with van der Waals surface area (Å²) in [6, 6.07) is 40.0. The fourth-order valence-electron chi connectivity index (χ4n) is 5.68. The van der Waals surface area contributed by atoms with E-state index in [-0.39, 0.29) is 0 Å². The monoisotopic (exact) mass is 634 g/mol. The first-order valence-electron chi connectivity index (χ1n) is 15.5. The highest BCUT2D eigenvalue weighted by Gasteiger charge is 2.19. The molecule has 0 aliphatic rings. The Kier molecular flexibility index (Phi) is 8.36. The molecule has 0 saturated carbocycles. The van der Waals surface area contributed by atoms with Crippen molar-refractivity contribution < 1.29 is 18.9 Å². The molecule has 7 aromatic rings. The molecule has 0 aliphatic carbocycles. The van der Waals surface area contributed by atoms with Gasteiger partial charge in [-0.05, 0) is 103 Å². The normalized spacial score (nSPS) is 10.9. The minimum absolute atomic E-state index is 0.741. The number of imidazole rings is 2. The SMILES string of the molecule is COc1ccc(-c2nc(-c3cccc(-c4nc(-c5ccc(OC)cc5)c(-c5ccc(OC)cc5)[nH]4)c3)[nH]c2-c2ccc(OC)cc2)cc1. The van der Waals surface area contributed by atoms with E-state index in [2.05, 4.69) is 28.2 Å². The molecule has 0 spiro atoms. The van der Waals surface area contributed by atoms with E-state index in [1.54, 1.807) is 28.4 Å². The highest BCUT2D eigenvalue weighted by Crippen LogP contribution is 2.37. The molecule has 0 unspecified atom stereocenters. The van der Waals surface area contributed by atoms with Gasteiger partial charge in [0, 0.05) is 33.4 Å². The Balaban J connectivity index is 1.32. The summed E-state index contributed by atoms with van der Waals surface area (Å²) in [7, 11) is 6.66. The lowest BCUT2D eigenvalue weighted by molar-refractivity contribution is 0.414. The lowest BCUT2D eigenvalue weighted by Crippen LogP contribution is -1.87. The van der Waals surface area contributed by atoms with E-state index in [4.69, 9.17) is 28.9 Å². The molecule has 2 N–H and O–H groups in total. The summed E-state index contributed by atoms with van der Waals surface area (Å²) in [5.41, 5.74) is 9.28. The van der Waals surface area contributed by atoms with Crippen molar-refractivity contribution in [1.82, 2.24) is 19.9 Å². The number of aromatic amines is 2. The van der Waals surface area contributed by atoms with Crippen LogP contribution in [-0.2, 0) is 0 Å². The number of rotatable bonds is 10. The first-order chi connectivity index (χ1) is 23.6. The number of hydrogen-bond donors (Lipinski definition) is 2. The van der Waals surface area contributed by atoms with Crippen LogP contribution in [0.4, 0.5) is 0 Å². The predicted molar refractivity (Wildman–Crippen MR) is 190 cm³/mol. The van der Waals surface area contributed by atoms with E-state index in [1.807, 2.05) is 103 Å². The van der Waals surface area contributed by atoms with Crippen molar-refractivity contribution in [2.75, 3.05) is 28.4 Å². The zero-order valence-corrected chi connectivity index (χ0v) is 27.1. The zero-order valence-electron chi connectivity index (χ0n) is 27.1. The number of ether oxygens (including phenoxy) is 4. The van der Waals surface area contributed by atoms with Crippen LogP contribution >= 0.6 is 0 Å². The molecule has 2 aromatic heterocycles. The lowest BCUT2D eigenvalue weighted by atomic mass is 10.0. The number of nitrogens with zero attached hydrogens (tertiary/aromatic N) is 2. The number of methoxy groups -OCH3 is 4. The molecule has 0 bridgehead atoms. The van der Waals surface area contributed by atoms with Gasteiger partial charge < -0.3 is 28.9 Å². The van der Waals surface area contributed by atoms with E-state index < -0.39 is 0 Å². The van der Waals surface area contributed by atoms with Crippen molar-refractivity contribution in [2.24, 2.45) is 0 Å². The molecule has 0 radical (unpaired) electrons. The molecule has 0 atom stereocenters. The fraction of sp³-hybridized carbons (Fsp3) is 0.100. The first kappa shape index (κ1) is 30.4. The summed E-state index contributed by atoms with van der Waals surface area (Å²) >= 11 is 0. The van der Waals surface area contributed by atoms with Gasteiger partial charge in [-0.2, -0.15) is 0 Å². The Hall–Kier alpha value is -6.28. The number of nitrogens with one attached hydrogen (secondary N) is 2. The predicted octanol–water partition coefficient (Wildman–Crippen LogP) is 9.17. The quantitative estimate of drug-likeness (QED) is 0.156. The van der Waals surface area contributed by atoms with Crippen molar-refractivity contribution in [3.63, 3.8) is 0 Å². The number of benzene rings is 5. The first-order valence-corrected chi connectivity index (χ1v) is 15.5. The molecule has 48 heavy (non-hydrogen) atoms. The number of hydrogen-bond acceptors (Lipinski definition) is 6. The minimum atomic E-state index is 0.741. The van der Waals surface area contributed by atoms with Crippen LogP contribution in [0.1, 0.15) is 0 Å².